The van der Waals surface area contributed by atoms with Crippen molar-refractivity contribution in [2.75, 3.05) is 10.6 Å². The monoisotopic (exact) mass is 283 g/mol. The van der Waals surface area contributed by atoms with Gasteiger partial charge < -0.3 is 8.27 Å². The maximum absolute atomic E-state index is 5.75. The fourth-order valence-corrected chi connectivity index (χ4v) is 1.35. The van der Waals surface area contributed by atoms with Gasteiger partial charge in [-0.25, -0.2) is 0 Å². The van der Waals surface area contributed by atoms with Crippen molar-refractivity contribution in [3.63, 3.8) is 0 Å². The fraction of sp³-hybridized carbons (Fsp3) is 0.143. The van der Waals surface area contributed by atoms with Crippen LogP contribution in [0.3, 0.4) is 0 Å². The van der Waals surface area contributed by atoms with Crippen molar-refractivity contribution in [1.29, 1.82) is 0 Å². The molecular formula is C7H7ClINO. The molecule has 2 nitrogen and oxygen atoms in total. The molecule has 0 spiro atoms. The SMILES string of the molecule is COc1ccc(Cl)cc1NI. The average Bonchev–Trinajstić information content (AvgIpc) is 2.04. The zero-order valence-electron chi connectivity index (χ0n) is 5.90. The van der Waals surface area contributed by atoms with E-state index in [1.807, 2.05) is 35.0 Å². The normalized spacial score (nSPS) is 9.36. The van der Waals surface area contributed by atoms with Gasteiger partial charge in [0.1, 0.15) is 5.75 Å². The predicted octanol–water partition coefficient (Wildman–Crippen LogP) is 3.11. The summed E-state index contributed by atoms with van der Waals surface area (Å²) in [5.41, 5.74) is 0.889. The van der Waals surface area contributed by atoms with Gasteiger partial charge in [0.15, 0.2) is 0 Å². The summed E-state index contributed by atoms with van der Waals surface area (Å²) in [7, 11) is 1.63. The average molecular weight is 283 g/mol. The number of hydrogen-bond donors (Lipinski definition) is 1. The van der Waals surface area contributed by atoms with Crippen LogP contribution in [-0.2, 0) is 0 Å². The molecule has 0 aliphatic carbocycles. The highest BCUT2D eigenvalue weighted by atomic mass is 127. The van der Waals surface area contributed by atoms with Crippen LogP contribution in [0.25, 0.3) is 0 Å². The largest absolute Gasteiger partial charge is 0.495 e. The third-order valence-corrected chi connectivity index (χ3v) is 2.08. The van der Waals surface area contributed by atoms with Crippen LogP contribution >= 0.6 is 34.5 Å². The molecule has 0 heterocycles. The molecule has 0 saturated carbocycles. The Labute approximate surface area is 84.4 Å². The summed E-state index contributed by atoms with van der Waals surface area (Å²) in [6.45, 7) is 0. The zero-order valence-corrected chi connectivity index (χ0v) is 8.81. The van der Waals surface area contributed by atoms with Gasteiger partial charge in [-0.15, -0.1) is 0 Å². The molecular weight excluding hydrogens is 276 g/mol. The Bertz CT molecular complexity index is 254. The van der Waals surface area contributed by atoms with Crippen molar-refractivity contribution < 1.29 is 4.74 Å². The Kier molecular flexibility index (Phi) is 3.26. The van der Waals surface area contributed by atoms with E-state index in [-0.39, 0.29) is 0 Å². The minimum absolute atomic E-state index is 0.699. The molecule has 4 heteroatoms. The number of hydrogen-bond acceptors (Lipinski definition) is 2. The second-order valence-corrected chi connectivity index (χ2v) is 2.91. The minimum Gasteiger partial charge on any atom is -0.495 e. The molecule has 1 aromatic carbocycles. The van der Waals surface area contributed by atoms with Crippen LogP contribution in [0.2, 0.25) is 5.02 Å². The summed E-state index contributed by atoms with van der Waals surface area (Å²) in [4.78, 5) is 0. The summed E-state index contributed by atoms with van der Waals surface area (Å²) in [6, 6.07) is 5.42. The van der Waals surface area contributed by atoms with Gasteiger partial charge in [0, 0.05) is 5.02 Å². The maximum Gasteiger partial charge on any atom is 0.142 e. The van der Waals surface area contributed by atoms with E-state index < -0.39 is 0 Å². The molecule has 0 unspecified atom stereocenters. The first kappa shape index (κ1) is 8.93. The first-order valence-electron chi connectivity index (χ1n) is 2.98. The van der Waals surface area contributed by atoms with Gasteiger partial charge in [-0.1, -0.05) is 11.6 Å². The number of nitrogens with one attached hydrogen (secondary N) is 1. The van der Waals surface area contributed by atoms with Crippen LogP contribution < -0.4 is 8.27 Å². The lowest BCUT2D eigenvalue weighted by Gasteiger charge is -2.05. The molecule has 0 aliphatic heterocycles. The van der Waals surface area contributed by atoms with E-state index in [2.05, 4.69) is 3.53 Å². The van der Waals surface area contributed by atoms with Gasteiger partial charge in [0.05, 0.1) is 35.7 Å². The Morgan fingerprint density at radius 2 is 2.27 bits per heavy atom. The predicted molar refractivity (Wildman–Crippen MR) is 55.6 cm³/mol. The lowest BCUT2D eigenvalue weighted by Crippen LogP contribution is -1.87. The summed E-state index contributed by atoms with van der Waals surface area (Å²) in [6.07, 6.45) is 0. The Morgan fingerprint density at radius 1 is 1.55 bits per heavy atom. The van der Waals surface area contributed by atoms with E-state index in [4.69, 9.17) is 16.3 Å². The second-order valence-electron chi connectivity index (χ2n) is 1.94. The van der Waals surface area contributed by atoms with Crippen molar-refractivity contribution >= 4 is 40.2 Å². The molecule has 0 aromatic heterocycles. The molecule has 0 saturated heterocycles. The van der Waals surface area contributed by atoms with Crippen molar-refractivity contribution in [1.82, 2.24) is 0 Å². The molecule has 0 radical (unpaired) electrons. The van der Waals surface area contributed by atoms with Crippen LogP contribution in [-0.4, -0.2) is 7.11 Å². The maximum atomic E-state index is 5.75. The molecule has 60 valence electrons. The number of benzene rings is 1. The highest BCUT2D eigenvalue weighted by molar-refractivity contribution is 14.1. The fourth-order valence-electron chi connectivity index (χ4n) is 0.754. The van der Waals surface area contributed by atoms with Crippen LogP contribution in [0.5, 0.6) is 5.75 Å². The first-order valence-corrected chi connectivity index (χ1v) is 4.44. The summed E-state index contributed by atoms with van der Waals surface area (Å²) in [5.74, 6) is 0.795. The van der Waals surface area contributed by atoms with Crippen LogP contribution in [0.15, 0.2) is 18.2 Å². The quantitative estimate of drug-likeness (QED) is 0.665. The Morgan fingerprint density at radius 3 is 2.82 bits per heavy atom. The lowest BCUT2D eigenvalue weighted by molar-refractivity contribution is 0.417. The smallest absolute Gasteiger partial charge is 0.142 e. The number of halogens is 2. The molecule has 1 N–H and O–H groups in total. The van der Waals surface area contributed by atoms with E-state index >= 15 is 0 Å². The van der Waals surface area contributed by atoms with Gasteiger partial charge in [-0.2, -0.15) is 0 Å². The van der Waals surface area contributed by atoms with Crippen molar-refractivity contribution in [2.45, 2.75) is 0 Å². The number of ether oxygens (including phenoxy) is 1. The molecule has 1 rings (SSSR count). The van der Waals surface area contributed by atoms with Crippen molar-refractivity contribution in [3.05, 3.63) is 23.2 Å². The topological polar surface area (TPSA) is 21.3 Å². The van der Waals surface area contributed by atoms with Gasteiger partial charge in [-0.3, -0.25) is 0 Å². The molecule has 0 aliphatic rings. The molecule has 0 atom stereocenters. The lowest BCUT2D eigenvalue weighted by atomic mass is 10.3. The number of anilines is 1. The third-order valence-electron chi connectivity index (χ3n) is 1.26. The van der Waals surface area contributed by atoms with Crippen LogP contribution in [0.1, 0.15) is 0 Å². The second kappa shape index (κ2) is 4.01. The van der Waals surface area contributed by atoms with Gasteiger partial charge in [0.2, 0.25) is 0 Å². The van der Waals surface area contributed by atoms with E-state index in [0.29, 0.717) is 5.02 Å². The standard InChI is InChI=1S/C7H7ClINO/c1-11-7-3-2-5(8)4-6(7)10-9/h2-4,10H,1H3. The number of methoxy groups -OCH3 is 1. The van der Waals surface area contributed by atoms with Crippen molar-refractivity contribution in [2.24, 2.45) is 0 Å². The van der Waals surface area contributed by atoms with Crippen LogP contribution in [0.4, 0.5) is 5.69 Å². The number of rotatable bonds is 2. The Hall–Kier alpha value is -0.160. The van der Waals surface area contributed by atoms with E-state index in [0.717, 1.165) is 11.4 Å². The molecule has 0 amide bonds. The molecule has 0 fully saturated rings. The van der Waals surface area contributed by atoms with E-state index in [1.165, 1.54) is 0 Å². The summed E-state index contributed by atoms with van der Waals surface area (Å²) < 4.78 is 8.01. The minimum atomic E-state index is 0.699. The van der Waals surface area contributed by atoms with E-state index in [1.54, 1.807) is 13.2 Å². The summed E-state index contributed by atoms with van der Waals surface area (Å²) in [5, 5.41) is 0.699. The van der Waals surface area contributed by atoms with Gasteiger partial charge in [0.25, 0.3) is 0 Å². The first-order chi connectivity index (χ1) is 5.27. The summed E-state index contributed by atoms with van der Waals surface area (Å²) >= 11 is 7.78. The van der Waals surface area contributed by atoms with Crippen LogP contribution in [0, 0.1) is 0 Å². The van der Waals surface area contributed by atoms with Gasteiger partial charge in [-0.05, 0) is 18.2 Å². The highest BCUT2D eigenvalue weighted by Gasteiger charge is 2.00. The molecule has 11 heavy (non-hydrogen) atoms. The zero-order chi connectivity index (χ0) is 8.27. The Balaban J connectivity index is 3.06. The van der Waals surface area contributed by atoms with Crippen molar-refractivity contribution in [3.8, 4) is 5.75 Å². The van der Waals surface area contributed by atoms with E-state index in [9.17, 15) is 0 Å². The third kappa shape index (κ3) is 2.13. The van der Waals surface area contributed by atoms with Gasteiger partial charge >= 0.3 is 0 Å². The molecule has 1 aromatic rings. The molecule has 0 bridgehead atoms. The highest BCUT2D eigenvalue weighted by Crippen LogP contribution is 2.28.